The van der Waals surface area contributed by atoms with E-state index in [2.05, 4.69) is 20.4 Å². The molecule has 138 valence electrons. The van der Waals surface area contributed by atoms with Crippen LogP contribution in [0.1, 0.15) is 36.9 Å². The first kappa shape index (κ1) is 16.3. The zero-order valence-corrected chi connectivity index (χ0v) is 14.9. The Morgan fingerprint density at radius 1 is 1.22 bits per heavy atom. The van der Waals surface area contributed by atoms with Gasteiger partial charge >= 0.3 is 0 Å². The number of aliphatic hydroxyl groups is 1. The van der Waals surface area contributed by atoms with E-state index in [1.165, 1.54) is 0 Å². The molecule has 1 aliphatic rings. The van der Waals surface area contributed by atoms with Crippen LogP contribution in [0.2, 0.25) is 0 Å². The molecule has 2 atom stereocenters. The lowest BCUT2D eigenvalue weighted by Crippen LogP contribution is -2.36. The molecule has 0 radical (unpaired) electrons. The Kier molecular flexibility index (Phi) is 4.01. The van der Waals surface area contributed by atoms with E-state index in [4.69, 9.17) is 4.42 Å². The zero-order chi connectivity index (χ0) is 18.2. The maximum atomic E-state index is 10.1. The van der Waals surface area contributed by atoms with Crippen LogP contribution in [0.25, 0.3) is 16.7 Å². The summed E-state index contributed by atoms with van der Waals surface area (Å²) in [5, 5.41) is 17.8. The molecule has 7 heteroatoms. The molecule has 0 aliphatic heterocycles. The molecule has 2 unspecified atom stereocenters. The third-order valence-electron chi connectivity index (χ3n) is 5.22. The quantitative estimate of drug-likeness (QED) is 0.579. The number of aliphatic hydroxyl groups excluding tert-OH is 1. The lowest BCUT2D eigenvalue weighted by molar-refractivity contribution is 0.115. The number of benzene rings is 1. The van der Waals surface area contributed by atoms with E-state index in [0.29, 0.717) is 12.4 Å². The summed E-state index contributed by atoms with van der Waals surface area (Å²) in [5.41, 5.74) is 4.51. The van der Waals surface area contributed by atoms with Crippen LogP contribution < -0.4 is 5.32 Å². The van der Waals surface area contributed by atoms with Crippen LogP contribution >= 0.6 is 0 Å². The fourth-order valence-corrected chi connectivity index (χ4v) is 3.79. The van der Waals surface area contributed by atoms with E-state index < -0.39 is 0 Å². The van der Waals surface area contributed by atoms with Gasteiger partial charge in [-0.05, 0) is 42.7 Å². The van der Waals surface area contributed by atoms with Crippen molar-refractivity contribution in [2.75, 3.05) is 5.32 Å². The summed E-state index contributed by atoms with van der Waals surface area (Å²) in [6, 6.07) is 10.3. The molecule has 5 rings (SSSR count). The molecule has 3 aromatic heterocycles. The first-order chi connectivity index (χ1) is 13.3. The van der Waals surface area contributed by atoms with Crippen LogP contribution in [0.15, 0.2) is 47.1 Å². The molecule has 3 heterocycles. The van der Waals surface area contributed by atoms with Gasteiger partial charge in [0, 0.05) is 12.6 Å². The largest absolute Gasteiger partial charge is 0.424 e. The van der Waals surface area contributed by atoms with Crippen molar-refractivity contribution in [1.82, 2.24) is 19.6 Å². The summed E-state index contributed by atoms with van der Waals surface area (Å²) in [4.78, 5) is 8.89. The van der Waals surface area contributed by atoms with Gasteiger partial charge in [-0.1, -0.05) is 18.9 Å². The number of imidazole rings is 1. The fourth-order valence-electron chi connectivity index (χ4n) is 3.79. The van der Waals surface area contributed by atoms with Crippen LogP contribution in [0.5, 0.6) is 0 Å². The Morgan fingerprint density at radius 3 is 3.07 bits per heavy atom. The SMILES string of the molecule is OC1CCCCC1Nc1nc2ccc(Cc3cnc4cccnn34)cc2o1. The second-order valence-corrected chi connectivity index (χ2v) is 7.14. The molecule has 1 saturated carbocycles. The van der Waals surface area contributed by atoms with Gasteiger partial charge in [-0.25, -0.2) is 9.50 Å². The van der Waals surface area contributed by atoms with E-state index in [1.807, 2.05) is 41.0 Å². The first-order valence-corrected chi connectivity index (χ1v) is 9.38. The maximum Gasteiger partial charge on any atom is 0.295 e. The van der Waals surface area contributed by atoms with Gasteiger partial charge in [0.25, 0.3) is 6.01 Å². The minimum atomic E-state index is -0.341. The highest BCUT2D eigenvalue weighted by Crippen LogP contribution is 2.25. The Bertz CT molecular complexity index is 1090. The molecule has 4 aromatic rings. The Hall–Kier alpha value is -2.93. The van der Waals surface area contributed by atoms with Gasteiger partial charge in [0.05, 0.1) is 24.0 Å². The number of hydrogen-bond acceptors (Lipinski definition) is 6. The lowest BCUT2D eigenvalue weighted by Gasteiger charge is -2.27. The van der Waals surface area contributed by atoms with Crippen molar-refractivity contribution >= 4 is 22.8 Å². The standard InChI is InChI=1S/C20H21N5O2/c26-17-5-2-1-4-15(17)23-20-24-16-8-7-13(11-18(16)27-20)10-14-12-21-19-6-3-9-22-25(14)19/h3,6-9,11-12,15,17,26H,1-2,4-5,10H2,(H,23,24). The van der Waals surface area contributed by atoms with E-state index in [0.717, 1.165) is 53.7 Å². The number of nitrogens with one attached hydrogen (secondary N) is 1. The highest BCUT2D eigenvalue weighted by Gasteiger charge is 2.24. The average molecular weight is 363 g/mol. The van der Waals surface area contributed by atoms with Crippen LogP contribution in [-0.2, 0) is 6.42 Å². The monoisotopic (exact) mass is 363 g/mol. The van der Waals surface area contributed by atoms with Crippen molar-refractivity contribution in [3.63, 3.8) is 0 Å². The van der Waals surface area contributed by atoms with Crippen molar-refractivity contribution in [2.45, 2.75) is 44.2 Å². The Morgan fingerprint density at radius 2 is 2.15 bits per heavy atom. The van der Waals surface area contributed by atoms with Gasteiger partial charge in [-0.3, -0.25) is 0 Å². The predicted molar refractivity (Wildman–Crippen MR) is 102 cm³/mol. The molecule has 1 fully saturated rings. The Balaban J connectivity index is 1.39. The topological polar surface area (TPSA) is 88.5 Å². The van der Waals surface area contributed by atoms with Gasteiger partial charge in [0.2, 0.25) is 0 Å². The lowest BCUT2D eigenvalue weighted by atomic mass is 9.93. The van der Waals surface area contributed by atoms with Crippen LogP contribution in [0.4, 0.5) is 6.01 Å². The molecule has 2 N–H and O–H groups in total. The van der Waals surface area contributed by atoms with Crippen molar-refractivity contribution < 1.29 is 9.52 Å². The Labute approximate surface area is 156 Å². The number of oxazole rings is 1. The third kappa shape index (κ3) is 3.14. The van der Waals surface area contributed by atoms with Crippen LogP contribution in [-0.4, -0.2) is 36.8 Å². The van der Waals surface area contributed by atoms with E-state index in [1.54, 1.807) is 6.20 Å². The van der Waals surface area contributed by atoms with E-state index in [9.17, 15) is 5.11 Å². The van der Waals surface area contributed by atoms with Gasteiger partial charge in [-0.15, -0.1) is 0 Å². The third-order valence-corrected chi connectivity index (χ3v) is 5.22. The van der Waals surface area contributed by atoms with Crippen molar-refractivity contribution in [3.8, 4) is 0 Å². The van der Waals surface area contributed by atoms with Gasteiger partial charge in [0.1, 0.15) is 5.52 Å². The van der Waals surface area contributed by atoms with Gasteiger partial charge in [0.15, 0.2) is 11.2 Å². The van der Waals surface area contributed by atoms with E-state index in [-0.39, 0.29) is 12.1 Å². The van der Waals surface area contributed by atoms with Crippen molar-refractivity contribution in [1.29, 1.82) is 0 Å². The molecule has 1 aromatic carbocycles. The highest BCUT2D eigenvalue weighted by atomic mass is 16.4. The highest BCUT2D eigenvalue weighted by molar-refractivity contribution is 5.75. The van der Waals surface area contributed by atoms with Crippen LogP contribution in [0.3, 0.4) is 0 Å². The second kappa shape index (κ2) is 6.66. The summed E-state index contributed by atoms with van der Waals surface area (Å²) < 4.78 is 7.74. The molecule has 1 aliphatic carbocycles. The minimum Gasteiger partial charge on any atom is -0.424 e. The minimum absolute atomic E-state index is 0.00974. The summed E-state index contributed by atoms with van der Waals surface area (Å²) in [6.07, 6.45) is 7.94. The molecule has 0 amide bonds. The summed E-state index contributed by atoms with van der Waals surface area (Å²) in [5.74, 6) is 0. The molecule has 27 heavy (non-hydrogen) atoms. The number of nitrogens with zero attached hydrogens (tertiary/aromatic N) is 4. The number of anilines is 1. The predicted octanol–water partition coefficient (Wildman–Crippen LogP) is 3.18. The number of rotatable bonds is 4. The molecular weight excluding hydrogens is 342 g/mol. The van der Waals surface area contributed by atoms with Crippen molar-refractivity contribution in [2.24, 2.45) is 0 Å². The fraction of sp³-hybridized carbons (Fsp3) is 0.350. The zero-order valence-electron chi connectivity index (χ0n) is 14.9. The summed E-state index contributed by atoms with van der Waals surface area (Å²) in [6.45, 7) is 0. The molecular formula is C20H21N5O2. The number of hydrogen-bond donors (Lipinski definition) is 2. The molecule has 0 spiro atoms. The number of aromatic nitrogens is 4. The molecule has 0 saturated heterocycles. The first-order valence-electron chi connectivity index (χ1n) is 9.38. The summed E-state index contributed by atoms with van der Waals surface area (Å²) in [7, 11) is 0. The second-order valence-electron chi connectivity index (χ2n) is 7.14. The smallest absolute Gasteiger partial charge is 0.295 e. The van der Waals surface area contributed by atoms with Gasteiger partial charge < -0.3 is 14.8 Å². The normalized spacial score (nSPS) is 20.3. The average Bonchev–Trinajstić information content (AvgIpc) is 3.27. The van der Waals surface area contributed by atoms with Gasteiger partial charge in [-0.2, -0.15) is 10.1 Å². The van der Waals surface area contributed by atoms with Crippen LogP contribution in [0, 0.1) is 0 Å². The van der Waals surface area contributed by atoms with Crippen molar-refractivity contribution in [3.05, 3.63) is 54.0 Å². The maximum absolute atomic E-state index is 10.1. The summed E-state index contributed by atoms with van der Waals surface area (Å²) >= 11 is 0. The van der Waals surface area contributed by atoms with E-state index >= 15 is 0 Å². The molecule has 0 bridgehead atoms. The molecule has 7 nitrogen and oxygen atoms in total. The number of fused-ring (bicyclic) bond motifs is 2.